The van der Waals surface area contributed by atoms with Gasteiger partial charge in [-0.2, -0.15) is 13.2 Å². The molecule has 2 rings (SSSR count). The maximum Gasteiger partial charge on any atom is 0.416 e. The molecule has 0 aromatic heterocycles. The van der Waals surface area contributed by atoms with Gasteiger partial charge in [0.15, 0.2) is 0 Å². The summed E-state index contributed by atoms with van der Waals surface area (Å²) in [5.74, 6) is 0.680. The summed E-state index contributed by atoms with van der Waals surface area (Å²) in [6.07, 6.45) is -2.85. The fraction of sp³-hybridized carbons (Fsp3) is 0.571. The zero-order chi connectivity index (χ0) is 14.0. The van der Waals surface area contributed by atoms with E-state index < -0.39 is 17.8 Å². The molecular weight excluding hydrogens is 255 g/mol. The van der Waals surface area contributed by atoms with Gasteiger partial charge in [0.25, 0.3) is 0 Å². The lowest BCUT2D eigenvalue weighted by atomic mass is 10.1. The van der Waals surface area contributed by atoms with Crippen molar-refractivity contribution in [2.24, 2.45) is 5.92 Å². The van der Waals surface area contributed by atoms with Gasteiger partial charge in [0.05, 0.1) is 11.7 Å². The Bertz CT molecular complexity index is 416. The van der Waals surface area contributed by atoms with Crippen molar-refractivity contribution in [1.29, 1.82) is 0 Å². The molecule has 1 aromatic carbocycles. The molecule has 2 N–H and O–H groups in total. The van der Waals surface area contributed by atoms with Crippen molar-refractivity contribution in [3.8, 4) is 0 Å². The highest BCUT2D eigenvalue weighted by molar-refractivity contribution is 5.26. The highest BCUT2D eigenvalue weighted by Gasteiger charge is 2.35. The molecule has 0 aliphatic heterocycles. The second-order valence-electron chi connectivity index (χ2n) is 5.05. The number of hydrogen-bond donors (Lipinski definition) is 2. The molecule has 0 bridgehead atoms. The van der Waals surface area contributed by atoms with Crippen LogP contribution in [-0.4, -0.2) is 17.7 Å². The molecule has 1 aliphatic carbocycles. The molecule has 1 aromatic rings. The summed E-state index contributed by atoms with van der Waals surface area (Å²) < 4.78 is 37.2. The maximum absolute atomic E-state index is 12.4. The third-order valence-electron chi connectivity index (χ3n) is 3.64. The molecule has 3 atom stereocenters. The van der Waals surface area contributed by atoms with Crippen molar-refractivity contribution in [3.05, 3.63) is 35.4 Å². The molecular formula is C14H18F3NO. The van der Waals surface area contributed by atoms with E-state index in [0.29, 0.717) is 24.1 Å². The molecule has 1 saturated carbocycles. The Morgan fingerprint density at radius 3 is 2.42 bits per heavy atom. The van der Waals surface area contributed by atoms with E-state index >= 15 is 0 Å². The van der Waals surface area contributed by atoms with Crippen LogP contribution in [0.4, 0.5) is 13.2 Å². The first-order chi connectivity index (χ1) is 8.91. The van der Waals surface area contributed by atoms with Gasteiger partial charge in [0, 0.05) is 12.6 Å². The Balaban J connectivity index is 1.87. The normalized spacial score (nSPS) is 24.3. The van der Waals surface area contributed by atoms with Gasteiger partial charge in [-0.05, 0) is 30.0 Å². The lowest BCUT2D eigenvalue weighted by Crippen LogP contribution is -2.24. The standard InChI is InChI=1S/C14H18F3NO/c1-2-9-7-12(9)18-8-13(19)10-3-5-11(6-4-10)14(15,16)17/h3-6,9,12-13,18-19H,2,7-8H2,1H3. The van der Waals surface area contributed by atoms with Gasteiger partial charge in [-0.3, -0.25) is 0 Å². The second kappa shape index (κ2) is 5.51. The first kappa shape index (κ1) is 14.3. The number of aliphatic hydroxyl groups is 1. The van der Waals surface area contributed by atoms with Crippen LogP contribution in [0.2, 0.25) is 0 Å². The zero-order valence-corrected chi connectivity index (χ0v) is 10.7. The summed E-state index contributed by atoms with van der Waals surface area (Å²) in [5.41, 5.74) is -0.182. The predicted molar refractivity (Wildman–Crippen MR) is 66.6 cm³/mol. The Morgan fingerprint density at radius 2 is 1.95 bits per heavy atom. The Kier molecular flexibility index (Phi) is 4.16. The third-order valence-corrected chi connectivity index (χ3v) is 3.64. The molecule has 0 spiro atoms. The van der Waals surface area contributed by atoms with Crippen molar-refractivity contribution in [1.82, 2.24) is 5.32 Å². The third kappa shape index (κ3) is 3.70. The second-order valence-corrected chi connectivity index (χ2v) is 5.05. The van der Waals surface area contributed by atoms with E-state index in [4.69, 9.17) is 0 Å². The van der Waals surface area contributed by atoms with Gasteiger partial charge in [-0.1, -0.05) is 25.5 Å². The summed E-state index contributed by atoms with van der Waals surface area (Å²) in [6.45, 7) is 2.51. The number of rotatable bonds is 5. The van der Waals surface area contributed by atoms with E-state index in [2.05, 4.69) is 12.2 Å². The largest absolute Gasteiger partial charge is 0.416 e. The van der Waals surface area contributed by atoms with Gasteiger partial charge in [-0.15, -0.1) is 0 Å². The van der Waals surface area contributed by atoms with Crippen molar-refractivity contribution in [2.75, 3.05) is 6.54 Å². The van der Waals surface area contributed by atoms with Gasteiger partial charge >= 0.3 is 6.18 Å². The fourth-order valence-electron chi connectivity index (χ4n) is 2.22. The quantitative estimate of drug-likeness (QED) is 0.864. The zero-order valence-electron chi connectivity index (χ0n) is 10.7. The molecule has 0 amide bonds. The lowest BCUT2D eigenvalue weighted by molar-refractivity contribution is -0.137. The minimum Gasteiger partial charge on any atom is -0.387 e. The van der Waals surface area contributed by atoms with Crippen LogP contribution in [-0.2, 0) is 6.18 Å². The number of aliphatic hydroxyl groups excluding tert-OH is 1. The highest BCUT2D eigenvalue weighted by Crippen LogP contribution is 2.33. The average molecular weight is 273 g/mol. The minimum absolute atomic E-state index is 0.381. The summed E-state index contributed by atoms with van der Waals surface area (Å²) in [5, 5.41) is 13.1. The van der Waals surface area contributed by atoms with Crippen LogP contribution < -0.4 is 5.32 Å². The van der Waals surface area contributed by atoms with Crippen LogP contribution in [0.25, 0.3) is 0 Å². The fourth-order valence-corrected chi connectivity index (χ4v) is 2.22. The van der Waals surface area contributed by atoms with Crippen LogP contribution in [0, 0.1) is 5.92 Å². The van der Waals surface area contributed by atoms with Crippen LogP contribution in [0.5, 0.6) is 0 Å². The smallest absolute Gasteiger partial charge is 0.387 e. The molecule has 1 fully saturated rings. The van der Waals surface area contributed by atoms with Crippen molar-refractivity contribution < 1.29 is 18.3 Å². The summed E-state index contributed by atoms with van der Waals surface area (Å²) in [6, 6.07) is 5.13. The van der Waals surface area contributed by atoms with Gasteiger partial charge in [0.2, 0.25) is 0 Å². The van der Waals surface area contributed by atoms with E-state index in [-0.39, 0.29) is 0 Å². The van der Waals surface area contributed by atoms with Gasteiger partial charge < -0.3 is 10.4 Å². The number of nitrogens with one attached hydrogen (secondary N) is 1. The van der Waals surface area contributed by atoms with Gasteiger partial charge in [-0.25, -0.2) is 0 Å². The van der Waals surface area contributed by atoms with Crippen LogP contribution in [0.1, 0.15) is 37.0 Å². The molecule has 0 saturated heterocycles. The maximum atomic E-state index is 12.4. The van der Waals surface area contributed by atoms with Crippen LogP contribution in [0.3, 0.4) is 0 Å². The minimum atomic E-state index is -4.33. The van der Waals surface area contributed by atoms with E-state index in [9.17, 15) is 18.3 Å². The Morgan fingerprint density at radius 1 is 1.32 bits per heavy atom. The highest BCUT2D eigenvalue weighted by atomic mass is 19.4. The SMILES string of the molecule is CCC1CC1NCC(O)c1ccc(C(F)(F)F)cc1. The number of alkyl halides is 3. The van der Waals surface area contributed by atoms with Crippen LogP contribution >= 0.6 is 0 Å². The summed E-state index contributed by atoms with van der Waals surface area (Å²) in [4.78, 5) is 0. The van der Waals surface area contributed by atoms with Crippen LogP contribution in [0.15, 0.2) is 24.3 Å². The molecule has 0 heterocycles. The molecule has 106 valence electrons. The predicted octanol–water partition coefficient (Wildman–Crippen LogP) is 3.13. The van der Waals surface area contributed by atoms with Crippen molar-refractivity contribution in [3.63, 3.8) is 0 Å². The number of benzene rings is 1. The summed E-state index contributed by atoms with van der Waals surface area (Å²) >= 11 is 0. The Labute approximate surface area is 110 Å². The van der Waals surface area contributed by atoms with E-state index in [1.807, 2.05) is 0 Å². The molecule has 0 radical (unpaired) electrons. The monoisotopic (exact) mass is 273 g/mol. The lowest BCUT2D eigenvalue weighted by Gasteiger charge is -2.13. The molecule has 1 aliphatic rings. The first-order valence-corrected chi connectivity index (χ1v) is 6.50. The van der Waals surface area contributed by atoms with E-state index in [1.54, 1.807) is 0 Å². The molecule has 2 nitrogen and oxygen atoms in total. The summed E-state index contributed by atoms with van der Waals surface area (Å²) in [7, 11) is 0. The average Bonchev–Trinajstić information content (AvgIpc) is 3.14. The molecule has 19 heavy (non-hydrogen) atoms. The topological polar surface area (TPSA) is 32.3 Å². The Hall–Kier alpha value is -1.07. The first-order valence-electron chi connectivity index (χ1n) is 6.50. The number of hydrogen-bond acceptors (Lipinski definition) is 2. The van der Waals surface area contributed by atoms with Gasteiger partial charge in [0.1, 0.15) is 0 Å². The molecule has 3 unspecified atom stereocenters. The van der Waals surface area contributed by atoms with E-state index in [1.165, 1.54) is 12.1 Å². The van der Waals surface area contributed by atoms with E-state index in [0.717, 1.165) is 25.0 Å². The van der Waals surface area contributed by atoms with Crippen molar-refractivity contribution >= 4 is 0 Å². The van der Waals surface area contributed by atoms with Crippen molar-refractivity contribution in [2.45, 2.75) is 38.1 Å². The molecule has 5 heteroatoms. The number of halogens is 3.